The maximum absolute atomic E-state index is 11.6. The highest BCUT2D eigenvalue weighted by Gasteiger charge is 2.04. The number of hydrogen-bond acceptors (Lipinski definition) is 2. The van der Waals surface area contributed by atoms with Gasteiger partial charge in [-0.2, -0.15) is 0 Å². The average molecular weight is 257 g/mol. The van der Waals surface area contributed by atoms with Crippen LogP contribution in [0.1, 0.15) is 19.2 Å². The molecule has 1 heterocycles. The van der Waals surface area contributed by atoms with Crippen molar-refractivity contribution in [3.63, 3.8) is 0 Å². The second-order valence-corrected chi connectivity index (χ2v) is 4.17. The zero-order valence-corrected chi connectivity index (χ0v) is 9.97. The second kappa shape index (κ2) is 4.55. The topological polar surface area (TPSA) is 34.9 Å². The summed E-state index contributed by atoms with van der Waals surface area (Å²) < 4.78 is 2.16. The molecule has 0 radical (unpaired) electrons. The Morgan fingerprint density at radius 2 is 2.36 bits per heavy atom. The molecule has 1 aromatic heterocycles. The highest BCUT2D eigenvalue weighted by molar-refractivity contribution is 9.10. The Morgan fingerprint density at radius 3 is 2.93 bits per heavy atom. The van der Waals surface area contributed by atoms with Gasteiger partial charge in [-0.25, -0.2) is 4.98 Å². The smallest absolute Gasteiger partial charge is 0.267 e. The van der Waals surface area contributed by atoms with Crippen molar-refractivity contribution < 1.29 is 0 Å². The van der Waals surface area contributed by atoms with E-state index in [0.29, 0.717) is 11.0 Å². The van der Waals surface area contributed by atoms with Crippen LogP contribution in [0.3, 0.4) is 0 Å². The number of hydrogen-bond donors (Lipinski definition) is 0. The van der Waals surface area contributed by atoms with E-state index in [2.05, 4.69) is 27.5 Å². The molecule has 0 saturated carbocycles. The van der Waals surface area contributed by atoms with Crippen LogP contribution < -0.4 is 5.56 Å². The van der Waals surface area contributed by atoms with E-state index < -0.39 is 0 Å². The Labute approximate surface area is 91.6 Å². The summed E-state index contributed by atoms with van der Waals surface area (Å²) in [5.74, 6) is 0.736. The molecule has 1 aromatic rings. The molecule has 0 saturated heterocycles. The molecule has 0 aliphatic heterocycles. The highest BCUT2D eigenvalue weighted by atomic mass is 79.9. The van der Waals surface area contributed by atoms with Crippen molar-refractivity contribution in [3.05, 3.63) is 39.0 Å². The first kappa shape index (κ1) is 11.2. The number of halogens is 1. The van der Waals surface area contributed by atoms with Crippen LogP contribution in [-0.4, -0.2) is 9.55 Å². The van der Waals surface area contributed by atoms with Gasteiger partial charge < -0.3 is 0 Å². The van der Waals surface area contributed by atoms with Crippen molar-refractivity contribution >= 4 is 15.9 Å². The number of rotatable bonds is 3. The van der Waals surface area contributed by atoms with Crippen LogP contribution in [0, 0.1) is 6.92 Å². The first-order valence-corrected chi connectivity index (χ1v) is 5.18. The molecule has 0 aliphatic rings. The molecule has 0 bridgehead atoms. The van der Waals surface area contributed by atoms with Gasteiger partial charge >= 0.3 is 0 Å². The van der Waals surface area contributed by atoms with Gasteiger partial charge in [-0.05, 0) is 36.2 Å². The Bertz CT molecular complexity index is 409. The van der Waals surface area contributed by atoms with E-state index in [1.54, 1.807) is 4.57 Å². The molecule has 76 valence electrons. The third-order valence-corrected chi connectivity index (χ3v) is 2.51. The lowest BCUT2D eigenvalue weighted by Crippen LogP contribution is -2.24. The Hall–Kier alpha value is -0.900. The standard InChI is InChI=1S/C10H13BrN2O/c1-7(2)4-5-13-8(3)12-6-9(11)10(13)14/h6H,1,4-5H2,2-3H3. The fourth-order valence-corrected chi connectivity index (χ4v) is 1.43. The first-order chi connectivity index (χ1) is 6.52. The van der Waals surface area contributed by atoms with Gasteiger partial charge in [0.15, 0.2) is 0 Å². The highest BCUT2D eigenvalue weighted by Crippen LogP contribution is 2.04. The maximum atomic E-state index is 11.6. The minimum Gasteiger partial charge on any atom is -0.296 e. The molecule has 0 fully saturated rings. The van der Waals surface area contributed by atoms with Gasteiger partial charge in [0.05, 0.1) is 0 Å². The quantitative estimate of drug-likeness (QED) is 0.778. The van der Waals surface area contributed by atoms with Gasteiger partial charge in [-0.15, -0.1) is 6.58 Å². The predicted molar refractivity (Wildman–Crippen MR) is 60.4 cm³/mol. The van der Waals surface area contributed by atoms with Crippen LogP contribution in [0.15, 0.2) is 27.6 Å². The Balaban J connectivity index is 3.01. The van der Waals surface area contributed by atoms with Gasteiger partial charge in [-0.3, -0.25) is 9.36 Å². The van der Waals surface area contributed by atoms with Crippen LogP contribution in [0.5, 0.6) is 0 Å². The van der Waals surface area contributed by atoms with E-state index in [4.69, 9.17) is 0 Å². The van der Waals surface area contributed by atoms with E-state index in [-0.39, 0.29) is 5.56 Å². The van der Waals surface area contributed by atoms with Gasteiger partial charge in [0.2, 0.25) is 0 Å². The van der Waals surface area contributed by atoms with E-state index in [1.807, 2.05) is 13.8 Å². The van der Waals surface area contributed by atoms with E-state index in [1.165, 1.54) is 6.20 Å². The van der Waals surface area contributed by atoms with Crippen molar-refractivity contribution in [2.24, 2.45) is 0 Å². The lowest BCUT2D eigenvalue weighted by atomic mass is 10.2. The molecular weight excluding hydrogens is 244 g/mol. The minimum absolute atomic E-state index is 0.0289. The van der Waals surface area contributed by atoms with E-state index in [0.717, 1.165) is 17.8 Å². The molecule has 0 atom stereocenters. The van der Waals surface area contributed by atoms with E-state index in [9.17, 15) is 4.79 Å². The molecule has 0 spiro atoms. The molecule has 0 unspecified atom stereocenters. The van der Waals surface area contributed by atoms with Crippen molar-refractivity contribution in [1.82, 2.24) is 9.55 Å². The normalized spacial score (nSPS) is 10.2. The molecule has 0 aliphatic carbocycles. The van der Waals surface area contributed by atoms with Crippen LogP contribution in [0.4, 0.5) is 0 Å². The summed E-state index contributed by atoms with van der Waals surface area (Å²) in [4.78, 5) is 15.8. The zero-order chi connectivity index (χ0) is 10.7. The SMILES string of the molecule is C=C(C)CCn1c(C)ncc(Br)c1=O. The number of aromatic nitrogens is 2. The monoisotopic (exact) mass is 256 g/mol. The van der Waals surface area contributed by atoms with Crippen LogP contribution >= 0.6 is 15.9 Å². The molecule has 4 heteroatoms. The van der Waals surface area contributed by atoms with E-state index >= 15 is 0 Å². The van der Waals surface area contributed by atoms with Crippen LogP contribution in [0.2, 0.25) is 0 Å². The molecular formula is C10H13BrN2O. The van der Waals surface area contributed by atoms with Crippen LogP contribution in [0.25, 0.3) is 0 Å². The van der Waals surface area contributed by atoms with Gasteiger partial charge in [0.1, 0.15) is 10.3 Å². The average Bonchev–Trinajstić information content (AvgIpc) is 2.11. The second-order valence-electron chi connectivity index (χ2n) is 3.32. The minimum atomic E-state index is -0.0289. The lowest BCUT2D eigenvalue weighted by Gasteiger charge is -2.08. The number of allylic oxidation sites excluding steroid dienone is 1. The zero-order valence-electron chi connectivity index (χ0n) is 8.38. The molecule has 1 rings (SSSR count). The summed E-state index contributed by atoms with van der Waals surface area (Å²) in [6.07, 6.45) is 2.34. The third-order valence-electron chi connectivity index (χ3n) is 1.97. The fraction of sp³-hybridized carbons (Fsp3) is 0.400. The lowest BCUT2D eigenvalue weighted by molar-refractivity contribution is 0.624. The summed E-state index contributed by atoms with van der Waals surface area (Å²) in [6, 6.07) is 0. The van der Waals surface area contributed by atoms with Gasteiger partial charge in [-0.1, -0.05) is 5.57 Å². The fourth-order valence-electron chi connectivity index (χ4n) is 1.12. The summed E-state index contributed by atoms with van der Waals surface area (Å²) in [7, 11) is 0. The van der Waals surface area contributed by atoms with Crippen molar-refractivity contribution in [1.29, 1.82) is 0 Å². The predicted octanol–water partition coefficient (Wildman–Crippen LogP) is 2.28. The molecule has 0 amide bonds. The van der Waals surface area contributed by atoms with Gasteiger partial charge in [0, 0.05) is 12.7 Å². The van der Waals surface area contributed by atoms with Crippen molar-refractivity contribution in [2.75, 3.05) is 0 Å². The molecule has 14 heavy (non-hydrogen) atoms. The van der Waals surface area contributed by atoms with Gasteiger partial charge in [0.25, 0.3) is 5.56 Å². The first-order valence-electron chi connectivity index (χ1n) is 4.38. The number of nitrogens with zero attached hydrogens (tertiary/aromatic N) is 2. The maximum Gasteiger partial charge on any atom is 0.267 e. The summed E-state index contributed by atoms with van der Waals surface area (Å²) >= 11 is 3.17. The summed E-state index contributed by atoms with van der Waals surface area (Å²) in [5.41, 5.74) is 1.04. The molecule has 0 aromatic carbocycles. The summed E-state index contributed by atoms with van der Waals surface area (Å²) in [6.45, 7) is 8.23. The number of aryl methyl sites for hydroxylation is 1. The molecule has 3 nitrogen and oxygen atoms in total. The molecule has 0 N–H and O–H groups in total. The largest absolute Gasteiger partial charge is 0.296 e. The third kappa shape index (κ3) is 2.54. The van der Waals surface area contributed by atoms with Crippen molar-refractivity contribution in [2.45, 2.75) is 26.8 Å². The Kier molecular flexibility index (Phi) is 3.63. The van der Waals surface area contributed by atoms with Crippen LogP contribution in [-0.2, 0) is 6.54 Å². The Morgan fingerprint density at radius 1 is 1.71 bits per heavy atom. The summed E-state index contributed by atoms with van der Waals surface area (Å²) in [5, 5.41) is 0. The van der Waals surface area contributed by atoms with Crippen molar-refractivity contribution in [3.8, 4) is 0 Å².